The second-order valence-corrected chi connectivity index (χ2v) is 7.52. The van der Waals surface area contributed by atoms with Gasteiger partial charge in [0.15, 0.2) is 5.76 Å². The van der Waals surface area contributed by atoms with Crippen LogP contribution in [-0.4, -0.2) is 28.7 Å². The van der Waals surface area contributed by atoms with E-state index in [0.29, 0.717) is 5.69 Å². The molecule has 6 nitrogen and oxygen atoms in total. The molecule has 30 heavy (non-hydrogen) atoms. The standard InChI is InChI=1S/C24H22N2O4/c1-16-5-9-18(10-6-16)15-25(24(29)21-4-3-13-30-21)20-14-22(27)26(23(20)28)19-11-7-17(2)8-12-19/h3-13,20H,14-15H2,1-2H3. The van der Waals surface area contributed by atoms with Crippen LogP contribution in [-0.2, 0) is 16.1 Å². The van der Waals surface area contributed by atoms with Crippen LogP contribution in [0.25, 0.3) is 0 Å². The summed E-state index contributed by atoms with van der Waals surface area (Å²) in [5, 5.41) is 0. The number of carbonyl (C=O) groups excluding carboxylic acids is 3. The molecule has 1 unspecified atom stereocenters. The molecule has 1 aliphatic rings. The Bertz CT molecular complexity index is 1070. The van der Waals surface area contributed by atoms with E-state index in [9.17, 15) is 14.4 Å². The minimum absolute atomic E-state index is 0.0645. The Hall–Kier alpha value is -3.67. The number of anilines is 1. The number of amides is 3. The monoisotopic (exact) mass is 402 g/mol. The van der Waals surface area contributed by atoms with Gasteiger partial charge in [0.25, 0.3) is 11.8 Å². The van der Waals surface area contributed by atoms with E-state index in [1.165, 1.54) is 16.1 Å². The van der Waals surface area contributed by atoms with Gasteiger partial charge in [0.1, 0.15) is 6.04 Å². The first-order valence-electron chi connectivity index (χ1n) is 9.77. The topological polar surface area (TPSA) is 70.8 Å². The lowest BCUT2D eigenvalue weighted by molar-refractivity contribution is -0.122. The molecule has 2 heterocycles. The highest BCUT2D eigenvalue weighted by molar-refractivity contribution is 6.23. The van der Waals surface area contributed by atoms with Crippen LogP contribution >= 0.6 is 0 Å². The van der Waals surface area contributed by atoms with Crippen molar-refractivity contribution in [3.05, 3.63) is 89.4 Å². The van der Waals surface area contributed by atoms with Gasteiger partial charge in [0.2, 0.25) is 5.91 Å². The number of nitrogens with zero attached hydrogens (tertiary/aromatic N) is 2. The molecular formula is C24H22N2O4. The predicted molar refractivity (Wildman–Crippen MR) is 112 cm³/mol. The first-order valence-corrected chi connectivity index (χ1v) is 9.77. The van der Waals surface area contributed by atoms with Gasteiger partial charge >= 0.3 is 0 Å². The van der Waals surface area contributed by atoms with E-state index in [4.69, 9.17) is 4.42 Å². The Morgan fingerprint density at radius 1 is 1.00 bits per heavy atom. The van der Waals surface area contributed by atoms with Gasteiger partial charge < -0.3 is 9.32 Å². The number of furan rings is 1. The maximum Gasteiger partial charge on any atom is 0.290 e. The molecule has 0 bridgehead atoms. The fourth-order valence-corrected chi connectivity index (χ4v) is 3.58. The zero-order valence-electron chi connectivity index (χ0n) is 16.9. The summed E-state index contributed by atoms with van der Waals surface area (Å²) in [5.41, 5.74) is 3.51. The molecule has 2 aromatic carbocycles. The minimum Gasteiger partial charge on any atom is -0.459 e. The summed E-state index contributed by atoms with van der Waals surface area (Å²) in [7, 11) is 0. The van der Waals surface area contributed by atoms with E-state index >= 15 is 0 Å². The molecule has 0 aliphatic carbocycles. The summed E-state index contributed by atoms with van der Waals surface area (Å²) in [6.45, 7) is 4.12. The molecule has 1 aromatic heterocycles. The number of imide groups is 1. The quantitative estimate of drug-likeness (QED) is 0.608. The van der Waals surface area contributed by atoms with Crippen molar-refractivity contribution in [1.82, 2.24) is 4.90 Å². The van der Waals surface area contributed by atoms with Crippen LogP contribution in [0.3, 0.4) is 0 Å². The third-order valence-electron chi connectivity index (χ3n) is 5.26. The summed E-state index contributed by atoms with van der Waals surface area (Å²) < 4.78 is 5.28. The van der Waals surface area contributed by atoms with Gasteiger partial charge in [-0.15, -0.1) is 0 Å². The van der Waals surface area contributed by atoms with E-state index in [2.05, 4.69) is 0 Å². The maximum atomic E-state index is 13.2. The molecule has 6 heteroatoms. The van der Waals surface area contributed by atoms with E-state index in [1.54, 1.807) is 24.3 Å². The largest absolute Gasteiger partial charge is 0.459 e. The molecule has 1 fully saturated rings. The molecule has 1 atom stereocenters. The molecule has 3 amide bonds. The molecule has 1 saturated heterocycles. The summed E-state index contributed by atoms with van der Waals surface area (Å²) in [5.74, 6) is -1.01. The van der Waals surface area contributed by atoms with Crippen LogP contribution in [0.4, 0.5) is 5.69 Å². The highest BCUT2D eigenvalue weighted by Crippen LogP contribution is 2.28. The summed E-state index contributed by atoms with van der Waals surface area (Å²) in [6.07, 6.45) is 1.35. The van der Waals surface area contributed by atoms with Crippen LogP contribution in [0.15, 0.2) is 71.3 Å². The molecule has 0 radical (unpaired) electrons. The molecule has 152 valence electrons. The third kappa shape index (κ3) is 3.76. The fraction of sp³-hybridized carbons (Fsp3) is 0.208. The van der Waals surface area contributed by atoms with Crippen molar-refractivity contribution in [3.63, 3.8) is 0 Å². The Balaban J connectivity index is 1.66. The van der Waals surface area contributed by atoms with Crippen molar-refractivity contribution in [2.75, 3.05) is 4.90 Å². The lowest BCUT2D eigenvalue weighted by Crippen LogP contribution is -2.45. The Morgan fingerprint density at radius 3 is 2.23 bits per heavy atom. The third-order valence-corrected chi connectivity index (χ3v) is 5.26. The molecule has 3 aromatic rings. The zero-order valence-corrected chi connectivity index (χ0v) is 16.9. The van der Waals surface area contributed by atoms with Gasteiger partial charge in [-0.1, -0.05) is 47.5 Å². The highest BCUT2D eigenvalue weighted by Gasteiger charge is 2.44. The number of hydrogen-bond donors (Lipinski definition) is 0. The fourth-order valence-electron chi connectivity index (χ4n) is 3.58. The number of carbonyl (C=O) groups is 3. The van der Waals surface area contributed by atoms with E-state index < -0.39 is 17.9 Å². The average molecular weight is 402 g/mol. The summed E-state index contributed by atoms with van der Waals surface area (Å²) in [4.78, 5) is 41.7. The maximum absolute atomic E-state index is 13.2. The zero-order chi connectivity index (χ0) is 21.3. The minimum atomic E-state index is -0.891. The Morgan fingerprint density at radius 2 is 1.63 bits per heavy atom. The second-order valence-electron chi connectivity index (χ2n) is 7.52. The van der Waals surface area contributed by atoms with Gasteiger partial charge in [-0.3, -0.25) is 14.4 Å². The molecule has 0 spiro atoms. The van der Waals surface area contributed by atoms with Crippen molar-refractivity contribution < 1.29 is 18.8 Å². The van der Waals surface area contributed by atoms with Crippen molar-refractivity contribution >= 4 is 23.4 Å². The van der Waals surface area contributed by atoms with Crippen LogP contribution in [0.2, 0.25) is 0 Å². The lowest BCUT2D eigenvalue weighted by atomic mass is 10.1. The molecule has 0 saturated carbocycles. The smallest absolute Gasteiger partial charge is 0.290 e. The van der Waals surface area contributed by atoms with Gasteiger partial charge in [0, 0.05) is 6.54 Å². The second kappa shape index (κ2) is 7.99. The van der Waals surface area contributed by atoms with E-state index in [1.807, 2.05) is 50.2 Å². The van der Waals surface area contributed by atoms with E-state index in [-0.39, 0.29) is 24.6 Å². The number of aryl methyl sites for hydroxylation is 2. The van der Waals surface area contributed by atoms with Crippen molar-refractivity contribution in [1.29, 1.82) is 0 Å². The summed E-state index contributed by atoms with van der Waals surface area (Å²) >= 11 is 0. The lowest BCUT2D eigenvalue weighted by Gasteiger charge is -2.27. The van der Waals surface area contributed by atoms with E-state index in [0.717, 1.165) is 16.7 Å². The van der Waals surface area contributed by atoms with Gasteiger partial charge in [0.05, 0.1) is 18.4 Å². The normalized spacial score (nSPS) is 16.2. The number of benzene rings is 2. The Kier molecular flexibility index (Phi) is 5.23. The average Bonchev–Trinajstić information content (AvgIpc) is 3.37. The van der Waals surface area contributed by atoms with Gasteiger partial charge in [-0.2, -0.15) is 0 Å². The van der Waals surface area contributed by atoms with Crippen molar-refractivity contribution in [2.45, 2.75) is 32.9 Å². The molecule has 4 rings (SSSR count). The highest BCUT2D eigenvalue weighted by atomic mass is 16.3. The molecular weight excluding hydrogens is 380 g/mol. The predicted octanol–water partition coefficient (Wildman–Crippen LogP) is 3.87. The molecule has 0 N–H and O–H groups in total. The Labute approximate surface area is 174 Å². The van der Waals surface area contributed by atoms with Crippen molar-refractivity contribution in [3.8, 4) is 0 Å². The van der Waals surface area contributed by atoms with Crippen LogP contribution in [0, 0.1) is 13.8 Å². The number of rotatable bonds is 5. The van der Waals surface area contributed by atoms with Crippen LogP contribution in [0.1, 0.15) is 33.7 Å². The van der Waals surface area contributed by atoms with Crippen LogP contribution in [0.5, 0.6) is 0 Å². The first-order chi connectivity index (χ1) is 14.4. The first kappa shape index (κ1) is 19.6. The van der Waals surface area contributed by atoms with Crippen molar-refractivity contribution in [2.24, 2.45) is 0 Å². The van der Waals surface area contributed by atoms with Gasteiger partial charge in [-0.25, -0.2) is 4.90 Å². The van der Waals surface area contributed by atoms with Crippen LogP contribution < -0.4 is 4.90 Å². The number of hydrogen-bond acceptors (Lipinski definition) is 4. The van der Waals surface area contributed by atoms with Gasteiger partial charge in [-0.05, 0) is 43.7 Å². The molecule has 1 aliphatic heterocycles. The SMILES string of the molecule is Cc1ccc(CN(C(=O)c2ccco2)C2CC(=O)N(c3ccc(C)cc3)C2=O)cc1. The summed E-state index contributed by atoms with van der Waals surface area (Å²) in [6, 6.07) is 17.2.